The molecule has 2 aliphatic rings. The fourth-order valence-corrected chi connectivity index (χ4v) is 12.2. The SMILES string of the molecule is CCCC1(Cc2cc3c(-c4cc(C)cc(C)c4)cccc3[cH-]2)CCCCCCCC1.CCCC1(Cc2cc3c(-c4cc(C)cc(C)c4)cccc3[cH-]2)CCCCCCCC1.C[Si]C.[Cl][Zr+2][Cl]. The van der Waals surface area contributed by atoms with Gasteiger partial charge in [-0.15, -0.1) is 69.1 Å². The molecule has 0 atom stereocenters. The first-order valence-corrected chi connectivity index (χ1v) is 34.4. The van der Waals surface area contributed by atoms with Crippen molar-refractivity contribution in [2.75, 3.05) is 0 Å². The van der Waals surface area contributed by atoms with E-state index in [2.05, 4.69) is 152 Å². The van der Waals surface area contributed by atoms with Crippen molar-refractivity contribution < 1.29 is 20.8 Å². The molecule has 6 aromatic carbocycles. The van der Waals surface area contributed by atoms with Crippen LogP contribution in [0.15, 0.2) is 97.1 Å². The van der Waals surface area contributed by atoms with Crippen LogP contribution in [-0.2, 0) is 33.7 Å². The molecule has 0 saturated heterocycles. The van der Waals surface area contributed by atoms with Crippen LogP contribution in [-0.4, -0.2) is 9.52 Å². The molecular formula is C62H84Cl2SiZr. The summed E-state index contributed by atoms with van der Waals surface area (Å²) in [7, 11) is 11.0. The number of fused-ring (bicyclic) bond motifs is 2. The van der Waals surface area contributed by atoms with E-state index in [1.54, 1.807) is 11.1 Å². The Kier molecular flexibility index (Phi) is 23.6. The molecular weight excluding hydrogens is 935 g/mol. The molecule has 0 bridgehead atoms. The van der Waals surface area contributed by atoms with Gasteiger partial charge in [-0.1, -0.05) is 199 Å². The summed E-state index contributed by atoms with van der Waals surface area (Å²) < 4.78 is 0. The molecule has 6 aromatic rings. The zero-order valence-electron chi connectivity index (χ0n) is 42.5. The second kappa shape index (κ2) is 28.4. The van der Waals surface area contributed by atoms with Gasteiger partial charge >= 0.3 is 37.9 Å². The number of rotatable bonds is 10. The topological polar surface area (TPSA) is 0 Å². The van der Waals surface area contributed by atoms with Gasteiger partial charge in [0.1, 0.15) is 0 Å². The summed E-state index contributed by atoms with van der Waals surface area (Å²) in [6, 6.07) is 37.6. The quantitative estimate of drug-likeness (QED) is 0.0948. The Balaban J connectivity index is 0.000000221. The van der Waals surface area contributed by atoms with Crippen LogP contribution in [0.4, 0.5) is 0 Å². The van der Waals surface area contributed by atoms with Gasteiger partial charge in [0.15, 0.2) is 0 Å². The Morgan fingerprint density at radius 3 is 1.09 bits per heavy atom. The van der Waals surface area contributed by atoms with E-state index < -0.39 is 20.8 Å². The average Bonchev–Trinajstić information content (AvgIpc) is 3.93. The fourth-order valence-electron chi connectivity index (χ4n) is 12.2. The van der Waals surface area contributed by atoms with Crippen molar-refractivity contribution in [2.24, 2.45) is 10.8 Å². The van der Waals surface area contributed by atoms with Crippen LogP contribution in [0, 0.1) is 38.5 Å². The van der Waals surface area contributed by atoms with E-state index in [-0.39, 0.29) is 0 Å². The minimum absolute atomic E-state index is 0.517. The molecule has 0 aliphatic heterocycles. The van der Waals surface area contributed by atoms with E-state index in [0.29, 0.717) is 10.8 Å². The van der Waals surface area contributed by atoms with Crippen molar-refractivity contribution in [2.45, 2.75) is 196 Å². The van der Waals surface area contributed by atoms with E-state index in [1.165, 1.54) is 207 Å². The summed E-state index contributed by atoms with van der Waals surface area (Å²) in [6.45, 7) is 17.9. The molecule has 2 saturated carbocycles. The van der Waals surface area contributed by atoms with Crippen molar-refractivity contribution in [3.05, 3.63) is 130 Å². The summed E-state index contributed by atoms with van der Waals surface area (Å²) in [5, 5.41) is 5.70. The average molecular weight is 1020 g/mol. The number of halogens is 2. The van der Waals surface area contributed by atoms with Gasteiger partial charge in [-0.2, -0.15) is 12.1 Å². The Labute approximate surface area is 425 Å². The van der Waals surface area contributed by atoms with Crippen molar-refractivity contribution >= 4 is 48.1 Å². The van der Waals surface area contributed by atoms with E-state index in [4.69, 9.17) is 17.0 Å². The first-order valence-electron chi connectivity index (χ1n) is 26.1. The molecule has 0 spiro atoms. The van der Waals surface area contributed by atoms with Crippen molar-refractivity contribution in [1.29, 1.82) is 0 Å². The van der Waals surface area contributed by atoms with Gasteiger partial charge in [0.2, 0.25) is 0 Å². The summed E-state index contributed by atoms with van der Waals surface area (Å²) >= 11 is -0.826. The van der Waals surface area contributed by atoms with E-state index >= 15 is 0 Å². The van der Waals surface area contributed by atoms with Crippen molar-refractivity contribution in [3.63, 3.8) is 0 Å². The van der Waals surface area contributed by atoms with E-state index in [9.17, 15) is 0 Å². The molecule has 8 rings (SSSR count). The number of hydrogen-bond donors (Lipinski definition) is 0. The molecule has 2 aliphatic carbocycles. The monoisotopic (exact) mass is 1020 g/mol. The second-order valence-corrected chi connectivity index (χ2v) is 25.5. The summed E-state index contributed by atoms with van der Waals surface area (Å²) in [4.78, 5) is 0. The number of aryl methyl sites for hydroxylation is 4. The maximum absolute atomic E-state index is 4.93. The molecule has 0 unspecified atom stereocenters. The van der Waals surface area contributed by atoms with E-state index in [0.717, 1.165) is 9.52 Å². The standard InChI is InChI=1S/2C30H39.C2H6Si.2ClH.Zr/c2*1-4-14-30(15-9-7-5-6-8-10-16-30)22-25-20-26-12-11-13-28(29(26)21-25)27-18-23(2)17-24(3)19-27;1-3-2;;;/h2*11-13,17-21H,4-10,14-16,22H2,1-3H3;1-2H3;2*1H;/q2*-1;;;;+4/p-2. The third-order valence-electron chi connectivity index (χ3n) is 14.7. The zero-order valence-corrected chi connectivity index (χ0v) is 47.5. The molecule has 4 heteroatoms. The molecule has 354 valence electrons. The third kappa shape index (κ3) is 16.5. The molecule has 0 N–H and O–H groups in total. The normalized spacial score (nSPS) is 16.3. The maximum atomic E-state index is 4.93. The van der Waals surface area contributed by atoms with Gasteiger partial charge in [0, 0.05) is 9.52 Å². The van der Waals surface area contributed by atoms with Crippen LogP contribution in [0.25, 0.3) is 43.8 Å². The molecule has 0 aromatic heterocycles. The molecule has 2 radical (unpaired) electrons. The third-order valence-corrected chi connectivity index (χ3v) is 14.7. The molecule has 66 heavy (non-hydrogen) atoms. The zero-order chi connectivity index (χ0) is 47.4. The first kappa shape index (κ1) is 54.7. The van der Waals surface area contributed by atoms with Crippen LogP contribution >= 0.6 is 17.0 Å². The summed E-state index contributed by atoms with van der Waals surface area (Å²) in [5.74, 6) is 0. The van der Waals surface area contributed by atoms with E-state index in [1.807, 2.05) is 0 Å². The van der Waals surface area contributed by atoms with Gasteiger partial charge in [-0.05, 0) is 101 Å². The fraction of sp³-hybridized carbons (Fsp3) is 0.516. The first-order chi connectivity index (χ1) is 32.0. The van der Waals surface area contributed by atoms with Crippen LogP contribution in [0.2, 0.25) is 13.1 Å². The van der Waals surface area contributed by atoms with Crippen LogP contribution in [0.5, 0.6) is 0 Å². The Morgan fingerprint density at radius 2 is 0.788 bits per heavy atom. The van der Waals surface area contributed by atoms with Crippen molar-refractivity contribution in [1.82, 2.24) is 0 Å². The number of hydrogen-bond acceptors (Lipinski definition) is 0. The van der Waals surface area contributed by atoms with Gasteiger partial charge in [-0.25, -0.2) is 0 Å². The van der Waals surface area contributed by atoms with Gasteiger partial charge in [-0.3, -0.25) is 0 Å². The Morgan fingerprint density at radius 1 is 0.485 bits per heavy atom. The minimum atomic E-state index is -0.826. The van der Waals surface area contributed by atoms with Crippen LogP contribution in [0.3, 0.4) is 0 Å². The predicted octanol–water partition coefficient (Wildman–Crippen LogP) is 20.8. The molecule has 0 nitrogen and oxygen atoms in total. The summed E-state index contributed by atoms with van der Waals surface area (Å²) in [5.41, 5.74) is 15.1. The van der Waals surface area contributed by atoms with Gasteiger partial charge in [0.25, 0.3) is 0 Å². The predicted molar refractivity (Wildman–Crippen MR) is 294 cm³/mol. The number of benzene rings is 4. The summed E-state index contributed by atoms with van der Waals surface area (Å²) in [6.07, 6.45) is 30.9. The van der Waals surface area contributed by atoms with Crippen LogP contribution < -0.4 is 0 Å². The molecule has 0 heterocycles. The molecule has 2 fully saturated rings. The van der Waals surface area contributed by atoms with Gasteiger partial charge < -0.3 is 0 Å². The van der Waals surface area contributed by atoms with Gasteiger partial charge in [0.05, 0.1) is 0 Å². The second-order valence-electron chi connectivity index (χ2n) is 20.8. The Bertz CT molecular complexity index is 2100. The van der Waals surface area contributed by atoms with Crippen LogP contribution in [0.1, 0.15) is 176 Å². The molecule has 0 amide bonds. The van der Waals surface area contributed by atoms with Crippen molar-refractivity contribution in [3.8, 4) is 22.3 Å². The Hall–Kier alpha value is -2.22.